The van der Waals surface area contributed by atoms with Gasteiger partial charge in [-0.15, -0.1) is 11.6 Å². The van der Waals surface area contributed by atoms with Crippen molar-refractivity contribution in [1.29, 1.82) is 0 Å². The van der Waals surface area contributed by atoms with Gasteiger partial charge in [-0.05, 0) is 38.0 Å². The molecule has 1 aliphatic heterocycles. The van der Waals surface area contributed by atoms with Gasteiger partial charge in [0.1, 0.15) is 11.8 Å². The standard InChI is InChI=1S/C20H24ClNO2S/c1-15-16-9-3-6-12-19(16)25-20(2,22(15)23)17-10-4-5-11-18(17)24-14-8-7-13-21/h3-6,9-12,15,22H,7-8,13-14H2,1-2H3. The van der Waals surface area contributed by atoms with Crippen molar-refractivity contribution in [3.05, 3.63) is 64.9 Å². The minimum atomic E-state index is -0.642. The normalized spacial score (nSPS) is 25.4. The molecule has 1 aliphatic rings. The number of fused-ring (bicyclic) bond motifs is 1. The quantitative estimate of drug-likeness (QED) is 0.457. The van der Waals surface area contributed by atoms with Crippen LogP contribution in [0.2, 0.25) is 0 Å². The van der Waals surface area contributed by atoms with Crippen LogP contribution in [0.4, 0.5) is 0 Å². The number of quaternary nitrogens is 1. The molecule has 0 saturated carbocycles. The molecule has 0 saturated heterocycles. The second-order valence-electron chi connectivity index (χ2n) is 6.50. The number of benzene rings is 2. The van der Waals surface area contributed by atoms with Crippen molar-refractivity contribution in [3.63, 3.8) is 0 Å². The highest BCUT2D eigenvalue weighted by Crippen LogP contribution is 2.46. The number of hydroxylamine groups is 2. The van der Waals surface area contributed by atoms with E-state index in [1.54, 1.807) is 11.8 Å². The monoisotopic (exact) mass is 377 g/mol. The lowest BCUT2D eigenvalue weighted by Gasteiger charge is -2.48. The first-order valence-electron chi connectivity index (χ1n) is 8.68. The van der Waals surface area contributed by atoms with Gasteiger partial charge >= 0.3 is 0 Å². The molecule has 0 bridgehead atoms. The molecule has 2 aromatic carbocycles. The van der Waals surface area contributed by atoms with Crippen LogP contribution in [0.1, 0.15) is 43.9 Å². The van der Waals surface area contributed by atoms with E-state index in [0.29, 0.717) is 12.5 Å². The van der Waals surface area contributed by atoms with E-state index >= 15 is 0 Å². The molecule has 2 aromatic rings. The van der Waals surface area contributed by atoms with Crippen LogP contribution in [0.5, 0.6) is 5.75 Å². The van der Waals surface area contributed by atoms with Crippen LogP contribution in [0.25, 0.3) is 0 Å². The first-order chi connectivity index (χ1) is 12.1. The van der Waals surface area contributed by atoms with Crippen LogP contribution in [0, 0.1) is 5.21 Å². The summed E-state index contributed by atoms with van der Waals surface area (Å²) < 4.78 is 6.00. The summed E-state index contributed by atoms with van der Waals surface area (Å²) in [6, 6.07) is 16.0. The fourth-order valence-electron chi connectivity index (χ4n) is 3.31. The van der Waals surface area contributed by atoms with E-state index in [1.165, 1.54) is 4.90 Å². The van der Waals surface area contributed by atoms with Gasteiger partial charge < -0.3 is 15.0 Å². The van der Waals surface area contributed by atoms with Crippen molar-refractivity contribution >= 4 is 23.4 Å². The van der Waals surface area contributed by atoms with Gasteiger partial charge in [-0.1, -0.05) is 42.1 Å². The second-order valence-corrected chi connectivity index (χ2v) is 8.34. The van der Waals surface area contributed by atoms with Crippen molar-refractivity contribution < 1.29 is 9.80 Å². The lowest BCUT2D eigenvalue weighted by Crippen LogP contribution is -3.14. The minimum Gasteiger partial charge on any atom is -0.633 e. The minimum absolute atomic E-state index is 0.119. The van der Waals surface area contributed by atoms with Gasteiger partial charge in [-0.3, -0.25) is 0 Å². The fraction of sp³-hybridized carbons (Fsp3) is 0.400. The summed E-state index contributed by atoms with van der Waals surface area (Å²) >= 11 is 7.37. The first-order valence-corrected chi connectivity index (χ1v) is 10.0. The van der Waals surface area contributed by atoms with E-state index in [2.05, 4.69) is 12.1 Å². The van der Waals surface area contributed by atoms with E-state index in [4.69, 9.17) is 16.3 Å². The van der Waals surface area contributed by atoms with E-state index in [-0.39, 0.29) is 11.1 Å². The maximum atomic E-state index is 13.2. The average Bonchev–Trinajstić information content (AvgIpc) is 2.64. The molecule has 0 aliphatic carbocycles. The summed E-state index contributed by atoms with van der Waals surface area (Å²) in [5.74, 6) is 1.44. The average molecular weight is 378 g/mol. The highest BCUT2D eigenvalue weighted by atomic mass is 35.5. The Balaban J connectivity index is 1.93. The number of thioether (sulfide) groups is 1. The van der Waals surface area contributed by atoms with Gasteiger partial charge in [-0.2, -0.15) is 0 Å². The summed E-state index contributed by atoms with van der Waals surface area (Å²) in [6.45, 7) is 4.64. The van der Waals surface area contributed by atoms with Crippen molar-refractivity contribution in [2.75, 3.05) is 12.5 Å². The number of unbranched alkanes of at least 4 members (excludes halogenated alkanes) is 1. The Bertz CT molecular complexity index is 726. The van der Waals surface area contributed by atoms with E-state index in [1.807, 2.05) is 50.2 Å². The summed E-state index contributed by atoms with van der Waals surface area (Å²) in [5, 5.41) is 13.5. The molecule has 3 unspecified atom stereocenters. The Morgan fingerprint density at radius 1 is 1.16 bits per heavy atom. The molecule has 0 radical (unpaired) electrons. The number of hydrogen-bond donors (Lipinski definition) is 1. The summed E-state index contributed by atoms with van der Waals surface area (Å²) in [7, 11) is 0. The highest BCUT2D eigenvalue weighted by Gasteiger charge is 2.44. The molecule has 0 fully saturated rings. The van der Waals surface area contributed by atoms with E-state index < -0.39 is 4.87 Å². The van der Waals surface area contributed by atoms with E-state index in [0.717, 1.165) is 29.7 Å². The van der Waals surface area contributed by atoms with Crippen molar-refractivity contribution in [2.24, 2.45) is 0 Å². The Morgan fingerprint density at radius 3 is 2.68 bits per heavy atom. The summed E-state index contributed by atoms with van der Waals surface area (Å²) in [5.41, 5.74) is 2.08. The Morgan fingerprint density at radius 2 is 1.88 bits per heavy atom. The number of nitrogens with one attached hydrogen (secondary N) is 1. The summed E-state index contributed by atoms with van der Waals surface area (Å²) in [6.07, 6.45) is 1.84. The largest absolute Gasteiger partial charge is 0.633 e. The molecule has 1 N–H and O–H groups in total. The van der Waals surface area contributed by atoms with Gasteiger partial charge in [0.25, 0.3) is 0 Å². The molecule has 3 atom stereocenters. The third kappa shape index (κ3) is 3.68. The van der Waals surface area contributed by atoms with E-state index in [9.17, 15) is 5.21 Å². The topological polar surface area (TPSA) is 36.7 Å². The Hall–Kier alpha value is -1.20. The first kappa shape index (κ1) is 18.6. The molecule has 0 aromatic heterocycles. The Labute approximate surface area is 158 Å². The number of hydrogen-bond acceptors (Lipinski definition) is 3. The Kier molecular flexibility index (Phi) is 5.95. The molecule has 1 heterocycles. The number of ether oxygens (including phenoxy) is 1. The predicted octanol–water partition coefficient (Wildman–Crippen LogP) is 4.51. The smallest absolute Gasteiger partial charge is 0.175 e. The van der Waals surface area contributed by atoms with Crippen LogP contribution < -0.4 is 9.80 Å². The van der Waals surface area contributed by atoms with Crippen LogP contribution in [0.15, 0.2) is 53.4 Å². The molecular weight excluding hydrogens is 354 g/mol. The fourth-order valence-corrected chi connectivity index (χ4v) is 5.00. The van der Waals surface area contributed by atoms with Gasteiger partial charge in [0.15, 0.2) is 4.87 Å². The van der Waals surface area contributed by atoms with Crippen LogP contribution >= 0.6 is 23.4 Å². The zero-order valence-electron chi connectivity index (χ0n) is 14.6. The van der Waals surface area contributed by atoms with Crippen LogP contribution in [-0.4, -0.2) is 12.5 Å². The predicted molar refractivity (Wildman–Crippen MR) is 104 cm³/mol. The molecule has 0 spiro atoms. The summed E-state index contributed by atoms with van der Waals surface area (Å²) in [4.78, 5) is 0.533. The molecule has 25 heavy (non-hydrogen) atoms. The molecule has 3 rings (SSSR count). The molecular formula is C20H24ClNO2S. The van der Waals surface area contributed by atoms with Gasteiger partial charge in [-0.25, -0.2) is 0 Å². The van der Waals surface area contributed by atoms with Gasteiger partial charge in [0.2, 0.25) is 0 Å². The molecule has 5 heteroatoms. The third-order valence-electron chi connectivity index (χ3n) is 4.75. The number of alkyl halides is 1. The lowest BCUT2D eigenvalue weighted by molar-refractivity contribution is -0.923. The zero-order chi connectivity index (χ0) is 17.9. The van der Waals surface area contributed by atoms with Crippen molar-refractivity contribution in [1.82, 2.24) is 0 Å². The molecule has 3 nitrogen and oxygen atoms in total. The maximum absolute atomic E-state index is 13.2. The van der Waals surface area contributed by atoms with Gasteiger partial charge in [0, 0.05) is 23.3 Å². The number of rotatable bonds is 6. The zero-order valence-corrected chi connectivity index (χ0v) is 16.2. The molecule has 134 valence electrons. The third-order valence-corrected chi connectivity index (χ3v) is 6.44. The van der Waals surface area contributed by atoms with Crippen molar-refractivity contribution in [3.8, 4) is 5.75 Å². The van der Waals surface area contributed by atoms with Crippen LogP contribution in [0.3, 0.4) is 0 Å². The second kappa shape index (κ2) is 8.00. The molecule has 0 amide bonds. The number of halogens is 1. The maximum Gasteiger partial charge on any atom is 0.175 e. The van der Waals surface area contributed by atoms with Crippen molar-refractivity contribution in [2.45, 2.75) is 42.5 Å². The SMILES string of the molecule is CC1c2ccccc2SC(C)(c2ccccc2OCCCCCl)[NH+]1[O-]. The lowest BCUT2D eigenvalue weighted by atomic mass is 10.0. The highest BCUT2D eigenvalue weighted by molar-refractivity contribution is 8.00. The van der Waals surface area contributed by atoms with Crippen LogP contribution in [-0.2, 0) is 4.87 Å². The van der Waals surface area contributed by atoms with Gasteiger partial charge in [0.05, 0.1) is 12.2 Å². The number of para-hydroxylation sites is 1.